The van der Waals surface area contributed by atoms with Crippen LogP contribution in [0.15, 0.2) is 47.8 Å². The Bertz CT molecular complexity index is 1110. The van der Waals surface area contributed by atoms with Crippen molar-refractivity contribution < 1.29 is 13.5 Å². The fourth-order valence-corrected chi connectivity index (χ4v) is 4.97. The first kappa shape index (κ1) is 18.9. The van der Waals surface area contributed by atoms with E-state index < -0.39 is 15.6 Å². The first-order chi connectivity index (χ1) is 13.3. The molecule has 8 nitrogen and oxygen atoms in total. The molecule has 0 radical (unpaired) electrons. The van der Waals surface area contributed by atoms with Crippen LogP contribution < -0.4 is 10.5 Å². The summed E-state index contributed by atoms with van der Waals surface area (Å²) < 4.78 is 30.3. The van der Waals surface area contributed by atoms with Crippen LogP contribution in [-0.2, 0) is 10.0 Å². The molecule has 3 aromatic rings. The summed E-state index contributed by atoms with van der Waals surface area (Å²) >= 11 is 0. The maximum Gasteiger partial charge on any atom is 0.240 e. The van der Waals surface area contributed by atoms with Crippen molar-refractivity contribution in [3.8, 4) is 11.3 Å². The van der Waals surface area contributed by atoms with Crippen LogP contribution >= 0.6 is 0 Å². The van der Waals surface area contributed by atoms with Gasteiger partial charge in [-0.05, 0) is 44.7 Å². The van der Waals surface area contributed by atoms with E-state index in [0.29, 0.717) is 42.7 Å². The van der Waals surface area contributed by atoms with E-state index >= 15 is 0 Å². The Morgan fingerprint density at radius 1 is 1.29 bits per heavy atom. The highest BCUT2D eigenvalue weighted by atomic mass is 32.2. The first-order valence-corrected chi connectivity index (χ1v) is 10.7. The third-order valence-electron chi connectivity index (χ3n) is 5.28. The highest BCUT2D eigenvalue weighted by Crippen LogP contribution is 2.29. The highest BCUT2D eigenvalue weighted by molar-refractivity contribution is 7.89. The molecule has 2 heterocycles. The second-order valence-corrected chi connectivity index (χ2v) is 9.28. The molecular formula is C19H23N5O3S. The zero-order valence-electron chi connectivity index (χ0n) is 15.5. The number of sulfonamides is 1. The summed E-state index contributed by atoms with van der Waals surface area (Å²) in [5.74, 6) is 0.312. The van der Waals surface area contributed by atoms with E-state index in [4.69, 9.17) is 5.73 Å². The quantitative estimate of drug-likeness (QED) is 0.614. The van der Waals surface area contributed by atoms with Gasteiger partial charge in [0.05, 0.1) is 22.4 Å². The number of nitrogen functional groups attached to an aromatic ring is 1. The topological polar surface area (TPSA) is 123 Å². The summed E-state index contributed by atoms with van der Waals surface area (Å²) in [4.78, 5) is 8.49. The lowest BCUT2D eigenvalue weighted by Gasteiger charge is -2.33. The van der Waals surface area contributed by atoms with Crippen LogP contribution in [0.2, 0.25) is 0 Å². The van der Waals surface area contributed by atoms with Crippen molar-refractivity contribution in [2.45, 2.75) is 49.1 Å². The molecule has 0 amide bonds. The van der Waals surface area contributed by atoms with Gasteiger partial charge in [-0.15, -0.1) is 0 Å². The summed E-state index contributed by atoms with van der Waals surface area (Å²) in [6.45, 7) is 1.79. The lowest BCUT2D eigenvalue weighted by Crippen LogP contribution is -2.42. The van der Waals surface area contributed by atoms with Crippen molar-refractivity contribution in [3.05, 3.63) is 42.9 Å². The van der Waals surface area contributed by atoms with Gasteiger partial charge in [-0.1, -0.05) is 12.1 Å². The lowest BCUT2D eigenvalue weighted by atomic mass is 9.84. The molecule has 4 N–H and O–H groups in total. The summed E-state index contributed by atoms with van der Waals surface area (Å²) in [6, 6.07) is 6.57. The Morgan fingerprint density at radius 3 is 2.79 bits per heavy atom. The fourth-order valence-electron chi connectivity index (χ4n) is 3.62. The second-order valence-electron chi connectivity index (χ2n) is 7.57. The first-order valence-electron chi connectivity index (χ1n) is 9.18. The molecule has 0 aliphatic heterocycles. The predicted molar refractivity (Wildman–Crippen MR) is 106 cm³/mol. The van der Waals surface area contributed by atoms with Gasteiger partial charge in [0.25, 0.3) is 0 Å². The van der Waals surface area contributed by atoms with Gasteiger partial charge in [-0.2, -0.15) is 0 Å². The minimum atomic E-state index is -3.67. The van der Waals surface area contributed by atoms with Gasteiger partial charge in [0.15, 0.2) is 11.5 Å². The molecule has 0 unspecified atom stereocenters. The van der Waals surface area contributed by atoms with Crippen LogP contribution in [0.3, 0.4) is 0 Å². The Hall–Kier alpha value is -2.49. The average molecular weight is 401 g/mol. The van der Waals surface area contributed by atoms with Crippen molar-refractivity contribution in [3.63, 3.8) is 0 Å². The van der Waals surface area contributed by atoms with E-state index in [1.165, 1.54) is 0 Å². The van der Waals surface area contributed by atoms with E-state index in [9.17, 15) is 13.5 Å². The van der Waals surface area contributed by atoms with Gasteiger partial charge in [-0.25, -0.2) is 23.1 Å². The number of benzene rings is 1. The predicted octanol–water partition coefficient (Wildman–Crippen LogP) is 1.95. The van der Waals surface area contributed by atoms with Gasteiger partial charge >= 0.3 is 0 Å². The van der Waals surface area contributed by atoms with Gasteiger partial charge in [-0.3, -0.25) is 4.40 Å². The number of nitrogens with two attached hydrogens (primary N) is 1. The largest absolute Gasteiger partial charge is 0.390 e. The molecule has 0 bridgehead atoms. The van der Waals surface area contributed by atoms with Gasteiger partial charge < -0.3 is 10.8 Å². The molecule has 1 aromatic carbocycles. The third kappa shape index (κ3) is 3.60. The van der Waals surface area contributed by atoms with E-state index in [-0.39, 0.29) is 10.9 Å². The molecule has 1 aliphatic carbocycles. The number of hydrogen-bond donors (Lipinski definition) is 3. The van der Waals surface area contributed by atoms with E-state index in [2.05, 4.69) is 14.7 Å². The maximum absolute atomic E-state index is 12.9. The summed E-state index contributed by atoms with van der Waals surface area (Å²) in [5.41, 5.74) is 7.12. The van der Waals surface area contributed by atoms with Crippen LogP contribution in [0.5, 0.6) is 0 Å². The summed E-state index contributed by atoms with van der Waals surface area (Å²) in [6.07, 6.45) is 7.36. The van der Waals surface area contributed by atoms with Crippen molar-refractivity contribution in [1.29, 1.82) is 0 Å². The normalized spacial score (nSPS) is 23.1. The smallest absolute Gasteiger partial charge is 0.240 e. The fraction of sp³-hybridized carbons (Fsp3) is 0.368. The number of aliphatic hydroxyl groups is 1. The molecule has 4 rings (SSSR count). The van der Waals surface area contributed by atoms with E-state index in [1.807, 2.05) is 6.07 Å². The van der Waals surface area contributed by atoms with E-state index in [1.54, 1.807) is 48.1 Å². The molecule has 148 valence electrons. The van der Waals surface area contributed by atoms with Crippen LogP contribution in [0.4, 0.5) is 5.82 Å². The zero-order chi connectivity index (χ0) is 19.9. The second kappa shape index (κ2) is 6.84. The van der Waals surface area contributed by atoms with Crippen molar-refractivity contribution >= 4 is 21.5 Å². The lowest BCUT2D eigenvalue weighted by molar-refractivity contribution is 0.0163. The molecular weight excluding hydrogens is 378 g/mol. The molecule has 0 atom stereocenters. The number of nitrogens with one attached hydrogen (secondary N) is 1. The molecule has 9 heteroatoms. The van der Waals surface area contributed by atoms with Crippen molar-refractivity contribution in [2.24, 2.45) is 0 Å². The molecule has 0 spiro atoms. The average Bonchev–Trinajstić information content (AvgIpc) is 3.09. The monoisotopic (exact) mass is 401 g/mol. The number of nitrogens with zero attached hydrogens (tertiary/aromatic N) is 3. The van der Waals surface area contributed by atoms with Crippen LogP contribution in [-0.4, -0.2) is 39.5 Å². The Morgan fingerprint density at radius 2 is 2.04 bits per heavy atom. The van der Waals surface area contributed by atoms with Crippen molar-refractivity contribution in [2.75, 3.05) is 5.73 Å². The standard InChI is InChI=1S/C19H23N5O3S/c1-19(25)7-5-14(6-8-19)23-28(26,27)15-4-2-3-13(11-15)16-12-22-18-17(20)21-9-10-24(16)18/h2-4,9-12,14,23,25H,5-8H2,1H3,(H2,20,21)/t14-,19-. The number of fused-ring (bicyclic) bond motifs is 1. The van der Waals surface area contributed by atoms with Crippen molar-refractivity contribution in [1.82, 2.24) is 19.1 Å². The molecule has 1 aliphatic rings. The van der Waals surface area contributed by atoms with E-state index in [0.717, 1.165) is 5.69 Å². The Kier molecular flexibility index (Phi) is 4.60. The number of hydrogen-bond acceptors (Lipinski definition) is 6. The molecule has 28 heavy (non-hydrogen) atoms. The number of imidazole rings is 1. The molecule has 1 fully saturated rings. The molecule has 2 aromatic heterocycles. The summed E-state index contributed by atoms with van der Waals surface area (Å²) in [5, 5.41) is 10.1. The number of anilines is 1. The van der Waals surface area contributed by atoms with Crippen LogP contribution in [0, 0.1) is 0 Å². The molecule has 0 saturated heterocycles. The molecule has 1 saturated carbocycles. The SMILES string of the molecule is C[C@]1(O)CC[C@H](NS(=O)(=O)c2cccc(-c3cnc4c(N)nccn34)c2)CC1. The Balaban J connectivity index is 1.62. The number of aromatic nitrogens is 3. The number of rotatable bonds is 4. The highest BCUT2D eigenvalue weighted by Gasteiger charge is 2.31. The third-order valence-corrected chi connectivity index (χ3v) is 6.80. The van der Waals surface area contributed by atoms with Gasteiger partial charge in [0.2, 0.25) is 10.0 Å². The minimum absolute atomic E-state index is 0.171. The maximum atomic E-state index is 12.9. The van der Waals surface area contributed by atoms with Gasteiger partial charge in [0.1, 0.15) is 0 Å². The van der Waals surface area contributed by atoms with Crippen LogP contribution in [0.25, 0.3) is 16.9 Å². The van der Waals surface area contributed by atoms with Gasteiger partial charge in [0, 0.05) is 24.0 Å². The summed E-state index contributed by atoms with van der Waals surface area (Å²) in [7, 11) is -3.67. The Labute approximate surface area is 163 Å². The zero-order valence-corrected chi connectivity index (χ0v) is 16.4. The van der Waals surface area contributed by atoms with Crippen LogP contribution in [0.1, 0.15) is 32.6 Å². The minimum Gasteiger partial charge on any atom is -0.390 e.